The molecule has 0 saturated heterocycles. The molecular formula is C61H114O6. The first-order valence-electron chi connectivity index (χ1n) is 29.9. The first-order valence-corrected chi connectivity index (χ1v) is 29.9. The molecule has 0 aromatic heterocycles. The summed E-state index contributed by atoms with van der Waals surface area (Å²) in [6, 6.07) is 0. The van der Waals surface area contributed by atoms with Gasteiger partial charge in [-0.1, -0.05) is 289 Å². The van der Waals surface area contributed by atoms with Crippen LogP contribution in [0.15, 0.2) is 24.3 Å². The highest BCUT2D eigenvalue weighted by Gasteiger charge is 2.19. The highest BCUT2D eigenvalue weighted by Crippen LogP contribution is 2.17. The van der Waals surface area contributed by atoms with E-state index in [1.165, 1.54) is 225 Å². The smallest absolute Gasteiger partial charge is 0.306 e. The summed E-state index contributed by atoms with van der Waals surface area (Å²) < 4.78 is 16.9. The zero-order valence-corrected chi connectivity index (χ0v) is 45.2. The van der Waals surface area contributed by atoms with Crippen LogP contribution in [-0.2, 0) is 28.6 Å². The minimum atomic E-state index is -0.772. The summed E-state index contributed by atoms with van der Waals surface area (Å²) >= 11 is 0. The first kappa shape index (κ1) is 64.9. The number of ether oxygens (including phenoxy) is 3. The molecule has 0 heterocycles. The monoisotopic (exact) mass is 943 g/mol. The number of rotatable bonds is 55. The van der Waals surface area contributed by atoms with Crippen molar-refractivity contribution in [1.82, 2.24) is 0 Å². The quantitative estimate of drug-likeness (QED) is 0.0262. The molecule has 0 aromatic carbocycles. The number of carbonyl (C=O) groups is 3. The molecule has 0 rings (SSSR count). The van der Waals surface area contributed by atoms with E-state index in [-0.39, 0.29) is 31.1 Å². The molecule has 6 nitrogen and oxygen atoms in total. The average Bonchev–Trinajstić information content (AvgIpc) is 3.33. The summed E-state index contributed by atoms with van der Waals surface area (Å²) in [5, 5.41) is 0. The Balaban J connectivity index is 4.31. The fourth-order valence-electron chi connectivity index (χ4n) is 8.97. The van der Waals surface area contributed by atoms with Gasteiger partial charge in [0.25, 0.3) is 0 Å². The number of esters is 3. The molecule has 0 aromatic rings. The molecule has 0 amide bonds. The number of unbranched alkanes of at least 4 members (excludes halogenated alkanes) is 41. The lowest BCUT2D eigenvalue weighted by Crippen LogP contribution is -2.30. The standard InChI is InChI=1S/C61H114O6/c1-4-7-10-13-16-19-22-25-28-29-30-31-34-36-39-42-45-48-51-54-60(63)66-57-58(67-61(64)55-52-49-46-43-40-37-33-27-24-21-18-15-12-9-6-3)56-65-59(62)53-50-47-44-41-38-35-32-26-23-20-17-14-11-8-5-2/h18,21,24,27,58H,4-17,19-20,22-23,25-26,28-57H2,1-3H3/b21-18-,27-24-. The molecule has 6 heteroatoms. The van der Waals surface area contributed by atoms with E-state index >= 15 is 0 Å². The van der Waals surface area contributed by atoms with Crippen LogP contribution in [0, 0.1) is 0 Å². The van der Waals surface area contributed by atoms with E-state index in [2.05, 4.69) is 45.1 Å². The Kier molecular flexibility index (Phi) is 54.7. The Morgan fingerprint density at radius 1 is 0.299 bits per heavy atom. The van der Waals surface area contributed by atoms with E-state index in [0.29, 0.717) is 19.3 Å². The maximum absolute atomic E-state index is 12.8. The van der Waals surface area contributed by atoms with Crippen molar-refractivity contribution in [3.05, 3.63) is 24.3 Å². The minimum absolute atomic E-state index is 0.0704. The third-order valence-corrected chi connectivity index (χ3v) is 13.5. The van der Waals surface area contributed by atoms with Crippen molar-refractivity contribution in [2.75, 3.05) is 13.2 Å². The molecule has 0 bridgehead atoms. The number of hydrogen-bond donors (Lipinski definition) is 0. The highest BCUT2D eigenvalue weighted by molar-refractivity contribution is 5.71. The van der Waals surface area contributed by atoms with Crippen molar-refractivity contribution >= 4 is 17.9 Å². The minimum Gasteiger partial charge on any atom is -0.462 e. The van der Waals surface area contributed by atoms with Crippen LogP contribution in [0.4, 0.5) is 0 Å². The number of hydrogen-bond acceptors (Lipinski definition) is 6. The third kappa shape index (κ3) is 54.7. The Morgan fingerprint density at radius 2 is 0.522 bits per heavy atom. The molecule has 0 spiro atoms. The van der Waals surface area contributed by atoms with Crippen molar-refractivity contribution in [3.63, 3.8) is 0 Å². The predicted octanol–water partition coefficient (Wildman–Crippen LogP) is 19.9. The van der Waals surface area contributed by atoms with Gasteiger partial charge in [-0.05, 0) is 44.9 Å². The molecule has 0 radical (unpaired) electrons. The summed E-state index contributed by atoms with van der Waals surface area (Å²) in [7, 11) is 0. The molecule has 394 valence electrons. The van der Waals surface area contributed by atoms with Gasteiger partial charge in [0, 0.05) is 19.3 Å². The Hall–Kier alpha value is -2.11. The third-order valence-electron chi connectivity index (χ3n) is 13.5. The lowest BCUT2D eigenvalue weighted by Gasteiger charge is -2.18. The van der Waals surface area contributed by atoms with Crippen LogP contribution in [0.25, 0.3) is 0 Å². The summed E-state index contributed by atoms with van der Waals surface area (Å²) in [6.45, 7) is 6.66. The van der Waals surface area contributed by atoms with Crippen molar-refractivity contribution in [2.24, 2.45) is 0 Å². The van der Waals surface area contributed by atoms with E-state index in [9.17, 15) is 14.4 Å². The van der Waals surface area contributed by atoms with E-state index < -0.39 is 6.10 Å². The van der Waals surface area contributed by atoms with Crippen molar-refractivity contribution in [2.45, 2.75) is 335 Å². The van der Waals surface area contributed by atoms with Gasteiger partial charge >= 0.3 is 17.9 Å². The van der Waals surface area contributed by atoms with Crippen LogP contribution < -0.4 is 0 Å². The second-order valence-electron chi connectivity index (χ2n) is 20.3. The summed E-state index contributed by atoms with van der Waals surface area (Å²) in [4.78, 5) is 38.2. The summed E-state index contributed by atoms with van der Waals surface area (Å²) in [5.74, 6) is -0.858. The summed E-state index contributed by atoms with van der Waals surface area (Å²) in [5.41, 5.74) is 0. The lowest BCUT2D eigenvalue weighted by atomic mass is 10.0. The van der Waals surface area contributed by atoms with E-state index in [1.54, 1.807) is 0 Å². The van der Waals surface area contributed by atoms with Gasteiger partial charge < -0.3 is 14.2 Å². The first-order chi connectivity index (χ1) is 33.0. The van der Waals surface area contributed by atoms with Gasteiger partial charge in [-0.15, -0.1) is 0 Å². The van der Waals surface area contributed by atoms with Gasteiger partial charge in [0.05, 0.1) is 0 Å². The predicted molar refractivity (Wildman–Crippen MR) is 289 cm³/mol. The van der Waals surface area contributed by atoms with Crippen molar-refractivity contribution < 1.29 is 28.6 Å². The fourth-order valence-corrected chi connectivity index (χ4v) is 8.97. The van der Waals surface area contributed by atoms with Gasteiger partial charge in [0.15, 0.2) is 6.10 Å². The number of allylic oxidation sites excluding steroid dienone is 4. The van der Waals surface area contributed by atoms with E-state index in [4.69, 9.17) is 14.2 Å². The molecule has 0 aliphatic rings. The highest BCUT2D eigenvalue weighted by atomic mass is 16.6. The Bertz CT molecular complexity index is 1080. The van der Waals surface area contributed by atoms with Gasteiger partial charge in [0.2, 0.25) is 0 Å². The largest absolute Gasteiger partial charge is 0.462 e. The van der Waals surface area contributed by atoms with Crippen molar-refractivity contribution in [3.8, 4) is 0 Å². The Labute approximate surface area is 417 Å². The maximum atomic E-state index is 12.8. The van der Waals surface area contributed by atoms with Crippen LogP contribution in [0.3, 0.4) is 0 Å². The Morgan fingerprint density at radius 3 is 0.821 bits per heavy atom. The van der Waals surface area contributed by atoms with Gasteiger partial charge in [-0.3, -0.25) is 14.4 Å². The normalized spacial score (nSPS) is 12.1. The van der Waals surface area contributed by atoms with Crippen LogP contribution in [-0.4, -0.2) is 37.2 Å². The van der Waals surface area contributed by atoms with Gasteiger partial charge in [-0.25, -0.2) is 0 Å². The second kappa shape index (κ2) is 56.5. The average molecular weight is 944 g/mol. The maximum Gasteiger partial charge on any atom is 0.306 e. The molecule has 67 heavy (non-hydrogen) atoms. The van der Waals surface area contributed by atoms with Crippen LogP contribution in [0.5, 0.6) is 0 Å². The topological polar surface area (TPSA) is 78.9 Å². The molecule has 0 N–H and O–H groups in total. The number of carbonyl (C=O) groups excluding carboxylic acids is 3. The lowest BCUT2D eigenvalue weighted by molar-refractivity contribution is -0.167. The van der Waals surface area contributed by atoms with Gasteiger partial charge in [0.1, 0.15) is 13.2 Å². The molecule has 0 aliphatic heterocycles. The summed E-state index contributed by atoms with van der Waals surface area (Å²) in [6.07, 6.45) is 66.0. The molecule has 1 atom stereocenters. The molecule has 0 fully saturated rings. The van der Waals surface area contributed by atoms with Crippen LogP contribution in [0.2, 0.25) is 0 Å². The molecule has 0 saturated carbocycles. The van der Waals surface area contributed by atoms with Crippen molar-refractivity contribution in [1.29, 1.82) is 0 Å². The molecule has 1 unspecified atom stereocenters. The fraction of sp³-hybridized carbons (Fsp3) is 0.885. The van der Waals surface area contributed by atoms with Gasteiger partial charge in [-0.2, -0.15) is 0 Å². The zero-order chi connectivity index (χ0) is 48.6. The SMILES string of the molecule is CCCCC/C=C\C=C/CCCCCCCCC(=O)OC(COC(=O)CCCCCCCCCCCCCCCCC)COC(=O)CCCCCCCCCCCCCCCCCCCCC. The van der Waals surface area contributed by atoms with E-state index in [0.717, 1.165) is 64.2 Å². The van der Waals surface area contributed by atoms with Crippen LogP contribution in [0.1, 0.15) is 329 Å². The zero-order valence-electron chi connectivity index (χ0n) is 45.2. The van der Waals surface area contributed by atoms with E-state index in [1.807, 2.05) is 0 Å². The second-order valence-corrected chi connectivity index (χ2v) is 20.3. The molecule has 0 aliphatic carbocycles. The molecular weight excluding hydrogens is 829 g/mol. The van der Waals surface area contributed by atoms with Crippen LogP contribution >= 0.6 is 0 Å².